The highest BCUT2D eigenvalue weighted by Gasteiger charge is 2.35. The van der Waals surface area contributed by atoms with Gasteiger partial charge in [-0.2, -0.15) is 13.8 Å². The summed E-state index contributed by atoms with van der Waals surface area (Å²) < 4.78 is 35.6. The molecule has 0 amide bonds. The van der Waals surface area contributed by atoms with Crippen LogP contribution in [0, 0.1) is 0 Å². The van der Waals surface area contributed by atoms with Crippen molar-refractivity contribution >= 4 is 34.4 Å². The summed E-state index contributed by atoms with van der Waals surface area (Å²) in [5, 5.41) is 5.49. The molecule has 0 fully saturated rings. The molecule has 31 heavy (non-hydrogen) atoms. The van der Waals surface area contributed by atoms with E-state index < -0.39 is 22.1 Å². The maximum atomic E-state index is 13.0. The van der Waals surface area contributed by atoms with Gasteiger partial charge in [-0.3, -0.25) is 9.59 Å². The van der Waals surface area contributed by atoms with Gasteiger partial charge in [-0.15, -0.1) is 0 Å². The van der Waals surface area contributed by atoms with Crippen molar-refractivity contribution in [3.8, 4) is 17.1 Å². The highest BCUT2D eigenvalue weighted by molar-refractivity contribution is 6.21. The molecule has 1 aromatic heterocycles. The van der Waals surface area contributed by atoms with Crippen LogP contribution in [0.1, 0.15) is 5.89 Å². The quantitative estimate of drug-likeness (QED) is 0.322. The van der Waals surface area contributed by atoms with Crippen molar-refractivity contribution in [2.24, 2.45) is 0 Å². The zero-order valence-electron chi connectivity index (χ0n) is 15.8. The Balaban J connectivity index is 1.51. The average molecular weight is 447 g/mol. The average Bonchev–Trinajstić information content (AvgIpc) is 3.28. The first-order chi connectivity index (χ1) is 14.8. The molecular formula is C20H13ClF2N4O4. The predicted molar refractivity (Wildman–Crippen MR) is 110 cm³/mol. The maximum absolute atomic E-state index is 13.0. The molecule has 8 nitrogen and oxygen atoms in total. The Bertz CT molecular complexity index is 1290. The van der Waals surface area contributed by atoms with Crippen LogP contribution in [0.2, 0.25) is 0 Å². The summed E-state index contributed by atoms with van der Waals surface area (Å²) in [5.41, 5.74) is 0.422. The van der Waals surface area contributed by atoms with E-state index in [0.717, 1.165) is 0 Å². The number of nitrogens with one attached hydrogen (secondary N) is 2. The number of hydrogen-bond acceptors (Lipinski definition) is 8. The third-order valence-electron chi connectivity index (χ3n) is 4.35. The minimum atomic E-state index is -3.76. The van der Waals surface area contributed by atoms with Gasteiger partial charge >= 0.3 is 11.3 Å². The van der Waals surface area contributed by atoms with Crippen LogP contribution in [0.3, 0.4) is 0 Å². The van der Waals surface area contributed by atoms with Crippen molar-refractivity contribution < 1.29 is 18.0 Å². The van der Waals surface area contributed by atoms with Crippen molar-refractivity contribution in [3.63, 3.8) is 0 Å². The molecule has 11 heteroatoms. The van der Waals surface area contributed by atoms with Crippen LogP contribution in [-0.4, -0.2) is 17.3 Å². The number of ether oxygens (including phenoxy) is 1. The molecule has 0 atom stereocenters. The van der Waals surface area contributed by atoms with Crippen LogP contribution >= 0.6 is 11.6 Å². The van der Waals surface area contributed by atoms with Gasteiger partial charge in [-0.25, -0.2) is 0 Å². The molecule has 3 aromatic carbocycles. The minimum absolute atomic E-state index is 0.0714. The first-order valence-corrected chi connectivity index (χ1v) is 9.17. The normalized spacial score (nSPS) is 11.5. The molecule has 0 bridgehead atoms. The Kier molecular flexibility index (Phi) is 5.15. The monoisotopic (exact) mass is 446 g/mol. The van der Waals surface area contributed by atoms with Gasteiger partial charge in [0.2, 0.25) is 5.82 Å². The number of aromatic nitrogens is 2. The standard InChI is InChI=1S/C20H13ClF2N4O4/c1-30-13-8-6-12(7-9-13)25-15-14(16(28)17(15)29)24-11-4-2-10(3-5-11)18-26-19(31-27-18)20(21,22)23/h2-9,24-25H,1H3. The Morgan fingerprint density at radius 3 is 1.90 bits per heavy atom. The molecule has 0 unspecified atom stereocenters. The van der Waals surface area contributed by atoms with E-state index >= 15 is 0 Å². The van der Waals surface area contributed by atoms with Crippen molar-refractivity contribution in [1.82, 2.24) is 10.1 Å². The Hall–Kier alpha value is -3.79. The van der Waals surface area contributed by atoms with Crippen molar-refractivity contribution in [3.05, 3.63) is 74.9 Å². The molecule has 0 radical (unpaired) electrons. The molecule has 0 aliphatic carbocycles. The third kappa shape index (κ3) is 4.10. The van der Waals surface area contributed by atoms with Crippen LogP contribution in [0.5, 0.6) is 5.75 Å². The number of anilines is 4. The van der Waals surface area contributed by atoms with Gasteiger partial charge in [0.25, 0.3) is 10.9 Å². The molecule has 1 heterocycles. The van der Waals surface area contributed by atoms with Gasteiger partial charge in [0, 0.05) is 16.9 Å². The molecule has 4 rings (SSSR count). The zero-order valence-corrected chi connectivity index (χ0v) is 16.5. The highest BCUT2D eigenvalue weighted by atomic mass is 35.5. The molecule has 0 saturated heterocycles. The van der Waals surface area contributed by atoms with Crippen LogP contribution in [0.25, 0.3) is 11.4 Å². The van der Waals surface area contributed by atoms with Gasteiger partial charge in [0.15, 0.2) is 0 Å². The molecular weight excluding hydrogens is 434 g/mol. The van der Waals surface area contributed by atoms with Gasteiger partial charge in [0.1, 0.15) is 17.1 Å². The fourth-order valence-corrected chi connectivity index (χ4v) is 2.83. The second-order valence-electron chi connectivity index (χ2n) is 6.38. The zero-order chi connectivity index (χ0) is 22.2. The van der Waals surface area contributed by atoms with E-state index in [4.69, 9.17) is 16.3 Å². The smallest absolute Gasteiger partial charge is 0.400 e. The maximum Gasteiger partial charge on any atom is 0.400 e. The number of nitrogens with zero attached hydrogens (tertiary/aromatic N) is 2. The molecule has 158 valence electrons. The number of halogens is 3. The molecule has 0 saturated carbocycles. The Morgan fingerprint density at radius 1 is 0.935 bits per heavy atom. The van der Waals surface area contributed by atoms with E-state index in [1.165, 1.54) is 19.2 Å². The molecule has 4 aromatic rings. The summed E-state index contributed by atoms with van der Waals surface area (Å²) in [7, 11) is 1.54. The lowest BCUT2D eigenvalue weighted by molar-refractivity contribution is 0.0551. The van der Waals surface area contributed by atoms with E-state index in [1.54, 1.807) is 36.4 Å². The van der Waals surface area contributed by atoms with Gasteiger partial charge < -0.3 is 19.9 Å². The summed E-state index contributed by atoms with van der Waals surface area (Å²) in [6.45, 7) is 0. The predicted octanol–water partition coefficient (Wildman–Crippen LogP) is 4.12. The van der Waals surface area contributed by atoms with E-state index in [0.29, 0.717) is 22.7 Å². The Morgan fingerprint density at radius 2 is 1.45 bits per heavy atom. The van der Waals surface area contributed by atoms with Crippen LogP contribution < -0.4 is 26.2 Å². The fraction of sp³-hybridized carbons (Fsp3) is 0.100. The van der Waals surface area contributed by atoms with Crippen LogP contribution in [-0.2, 0) is 5.38 Å². The first-order valence-electron chi connectivity index (χ1n) is 8.79. The third-order valence-corrected chi connectivity index (χ3v) is 4.51. The van der Waals surface area contributed by atoms with Gasteiger partial charge in [0.05, 0.1) is 7.11 Å². The van der Waals surface area contributed by atoms with E-state index in [2.05, 4.69) is 25.3 Å². The van der Waals surface area contributed by atoms with E-state index in [9.17, 15) is 18.4 Å². The first kappa shape index (κ1) is 20.5. The summed E-state index contributed by atoms with van der Waals surface area (Å²) >= 11 is 4.86. The van der Waals surface area contributed by atoms with Crippen molar-refractivity contribution in [2.75, 3.05) is 17.7 Å². The van der Waals surface area contributed by atoms with Gasteiger partial charge in [-0.05, 0) is 60.1 Å². The van der Waals surface area contributed by atoms with Crippen molar-refractivity contribution in [1.29, 1.82) is 0 Å². The molecule has 2 N–H and O–H groups in total. The topological polar surface area (TPSA) is 106 Å². The lowest BCUT2D eigenvalue weighted by Crippen LogP contribution is -2.35. The van der Waals surface area contributed by atoms with Gasteiger partial charge in [-0.1, -0.05) is 5.16 Å². The summed E-state index contributed by atoms with van der Waals surface area (Å²) in [6.07, 6.45) is 0. The fourth-order valence-electron chi connectivity index (χ4n) is 2.75. The summed E-state index contributed by atoms with van der Waals surface area (Å²) in [5.74, 6) is -0.431. The Labute approximate surface area is 178 Å². The number of benzene rings is 2. The van der Waals surface area contributed by atoms with Crippen molar-refractivity contribution in [2.45, 2.75) is 5.38 Å². The van der Waals surface area contributed by atoms with E-state index in [-0.39, 0.29) is 17.2 Å². The molecule has 0 spiro atoms. The molecule has 0 aliphatic heterocycles. The van der Waals surface area contributed by atoms with Crippen LogP contribution in [0.4, 0.5) is 31.5 Å². The number of methoxy groups -OCH3 is 1. The second-order valence-corrected chi connectivity index (χ2v) is 6.86. The number of hydrogen-bond donors (Lipinski definition) is 2. The highest BCUT2D eigenvalue weighted by Crippen LogP contribution is 2.32. The van der Waals surface area contributed by atoms with E-state index in [1.807, 2.05) is 0 Å². The lowest BCUT2D eigenvalue weighted by atomic mass is 10.1. The van der Waals surface area contributed by atoms with Crippen LogP contribution in [0.15, 0.2) is 62.6 Å². The summed E-state index contributed by atoms with van der Waals surface area (Å²) in [6, 6.07) is 13.0. The number of alkyl halides is 3. The summed E-state index contributed by atoms with van der Waals surface area (Å²) in [4.78, 5) is 27.5. The SMILES string of the molecule is COc1ccc(Nc2c(Nc3ccc(-c4noc(C(F)(F)Cl)n4)cc3)c(=O)c2=O)cc1. The minimum Gasteiger partial charge on any atom is -0.497 e. The number of rotatable bonds is 7. The lowest BCUT2D eigenvalue weighted by Gasteiger charge is -2.15. The molecule has 0 aliphatic rings. The largest absolute Gasteiger partial charge is 0.497 e. The second kappa shape index (κ2) is 7.80.